The summed E-state index contributed by atoms with van der Waals surface area (Å²) in [7, 11) is 0. The zero-order chi connectivity index (χ0) is 12.3. The topological polar surface area (TPSA) is 42.2 Å². The summed E-state index contributed by atoms with van der Waals surface area (Å²) in [6.45, 7) is 4.06. The van der Waals surface area contributed by atoms with Crippen molar-refractivity contribution in [1.29, 1.82) is 0 Å². The SMILES string of the molecule is CCc1cccc(C)c1NC(=O)c1ccoc1. The van der Waals surface area contributed by atoms with Gasteiger partial charge in [-0.05, 0) is 30.5 Å². The quantitative estimate of drug-likeness (QED) is 0.876. The molecule has 0 radical (unpaired) electrons. The van der Waals surface area contributed by atoms with Gasteiger partial charge in [0.05, 0.1) is 11.8 Å². The summed E-state index contributed by atoms with van der Waals surface area (Å²) in [4.78, 5) is 11.9. The van der Waals surface area contributed by atoms with Crippen LogP contribution in [0.5, 0.6) is 0 Å². The van der Waals surface area contributed by atoms with Crippen LogP contribution in [-0.2, 0) is 6.42 Å². The molecule has 3 nitrogen and oxygen atoms in total. The molecule has 0 saturated heterocycles. The number of amides is 1. The average molecular weight is 229 g/mol. The van der Waals surface area contributed by atoms with Crippen molar-refractivity contribution in [1.82, 2.24) is 0 Å². The van der Waals surface area contributed by atoms with Gasteiger partial charge in [0, 0.05) is 5.69 Å². The van der Waals surface area contributed by atoms with Crippen LogP contribution in [0.3, 0.4) is 0 Å². The molecule has 0 unspecified atom stereocenters. The van der Waals surface area contributed by atoms with E-state index < -0.39 is 0 Å². The van der Waals surface area contributed by atoms with E-state index in [2.05, 4.69) is 12.2 Å². The number of rotatable bonds is 3. The maximum Gasteiger partial charge on any atom is 0.258 e. The lowest BCUT2D eigenvalue weighted by atomic mass is 10.1. The molecule has 17 heavy (non-hydrogen) atoms. The van der Waals surface area contributed by atoms with Crippen molar-refractivity contribution in [2.45, 2.75) is 20.3 Å². The highest BCUT2D eigenvalue weighted by atomic mass is 16.3. The van der Waals surface area contributed by atoms with Gasteiger partial charge in [-0.1, -0.05) is 25.1 Å². The first-order valence-corrected chi connectivity index (χ1v) is 5.64. The zero-order valence-corrected chi connectivity index (χ0v) is 9.99. The Bertz CT molecular complexity index is 515. The minimum atomic E-state index is -0.136. The van der Waals surface area contributed by atoms with E-state index in [1.54, 1.807) is 6.07 Å². The van der Waals surface area contributed by atoms with Gasteiger partial charge in [0.15, 0.2) is 0 Å². The molecule has 0 aliphatic rings. The second kappa shape index (κ2) is 4.87. The lowest BCUT2D eigenvalue weighted by molar-refractivity contribution is 0.102. The fourth-order valence-corrected chi connectivity index (χ4v) is 1.78. The molecule has 2 rings (SSSR count). The number of carbonyl (C=O) groups is 1. The third kappa shape index (κ3) is 2.38. The number of furan rings is 1. The Balaban J connectivity index is 2.27. The van der Waals surface area contributed by atoms with Crippen LogP contribution in [0.1, 0.15) is 28.4 Å². The predicted molar refractivity (Wildman–Crippen MR) is 67.2 cm³/mol. The monoisotopic (exact) mass is 229 g/mol. The zero-order valence-electron chi connectivity index (χ0n) is 9.99. The van der Waals surface area contributed by atoms with Gasteiger partial charge in [-0.15, -0.1) is 0 Å². The van der Waals surface area contributed by atoms with E-state index in [0.29, 0.717) is 5.56 Å². The predicted octanol–water partition coefficient (Wildman–Crippen LogP) is 3.40. The van der Waals surface area contributed by atoms with Crippen molar-refractivity contribution < 1.29 is 9.21 Å². The number of anilines is 1. The Morgan fingerprint density at radius 2 is 2.18 bits per heavy atom. The molecule has 1 aromatic carbocycles. The van der Waals surface area contributed by atoms with Gasteiger partial charge in [0.1, 0.15) is 6.26 Å². The van der Waals surface area contributed by atoms with Gasteiger partial charge in [-0.2, -0.15) is 0 Å². The normalized spacial score (nSPS) is 10.2. The molecule has 0 aliphatic carbocycles. The van der Waals surface area contributed by atoms with Gasteiger partial charge in [0.2, 0.25) is 0 Å². The summed E-state index contributed by atoms with van der Waals surface area (Å²) < 4.78 is 4.90. The van der Waals surface area contributed by atoms with Crippen molar-refractivity contribution in [2.75, 3.05) is 5.32 Å². The minimum Gasteiger partial charge on any atom is -0.472 e. The molecule has 0 saturated carbocycles. The summed E-state index contributed by atoms with van der Waals surface area (Å²) >= 11 is 0. The molecule has 1 heterocycles. The molecule has 3 heteroatoms. The van der Waals surface area contributed by atoms with E-state index >= 15 is 0 Å². The number of hydrogen-bond acceptors (Lipinski definition) is 2. The van der Waals surface area contributed by atoms with Crippen molar-refractivity contribution in [2.24, 2.45) is 0 Å². The van der Waals surface area contributed by atoms with Gasteiger partial charge < -0.3 is 9.73 Å². The molecule has 0 aliphatic heterocycles. The number of aryl methyl sites for hydroxylation is 2. The second-order valence-electron chi connectivity index (χ2n) is 3.93. The van der Waals surface area contributed by atoms with Crippen LogP contribution in [0.25, 0.3) is 0 Å². The summed E-state index contributed by atoms with van der Waals surface area (Å²) in [5.74, 6) is -0.136. The number of carbonyl (C=O) groups excluding carboxylic acids is 1. The standard InChI is InChI=1S/C14H15NO2/c1-3-11-6-4-5-10(2)13(11)15-14(16)12-7-8-17-9-12/h4-9H,3H2,1-2H3,(H,15,16). The molecule has 88 valence electrons. The fraction of sp³-hybridized carbons (Fsp3) is 0.214. The summed E-state index contributed by atoms with van der Waals surface area (Å²) in [5.41, 5.74) is 3.65. The molecule has 0 atom stereocenters. The smallest absolute Gasteiger partial charge is 0.258 e. The van der Waals surface area contributed by atoms with Crippen LogP contribution < -0.4 is 5.32 Å². The Labute approximate surface area is 100 Å². The highest BCUT2D eigenvalue weighted by molar-refractivity contribution is 6.04. The van der Waals surface area contributed by atoms with Gasteiger partial charge in [-0.3, -0.25) is 4.79 Å². The van der Waals surface area contributed by atoms with Crippen LogP contribution in [0.2, 0.25) is 0 Å². The van der Waals surface area contributed by atoms with Crippen LogP contribution in [-0.4, -0.2) is 5.91 Å². The summed E-state index contributed by atoms with van der Waals surface area (Å²) in [5, 5.41) is 2.93. The lowest BCUT2D eigenvalue weighted by Gasteiger charge is -2.12. The summed E-state index contributed by atoms with van der Waals surface area (Å²) in [6, 6.07) is 7.67. The molecular weight excluding hydrogens is 214 g/mol. The van der Waals surface area contributed by atoms with E-state index in [-0.39, 0.29) is 5.91 Å². The minimum absolute atomic E-state index is 0.136. The molecule has 2 aromatic rings. The van der Waals surface area contributed by atoms with Crippen LogP contribution >= 0.6 is 0 Å². The Hall–Kier alpha value is -2.03. The lowest BCUT2D eigenvalue weighted by Crippen LogP contribution is -2.13. The Morgan fingerprint density at radius 1 is 1.35 bits per heavy atom. The third-order valence-electron chi connectivity index (χ3n) is 2.76. The number of para-hydroxylation sites is 1. The van der Waals surface area contributed by atoms with Gasteiger partial charge in [0.25, 0.3) is 5.91 Å². The fourth-order valence-electron chi connectivity index (χ4n) is 1.78. The Kier molecular flexibility index (Phi) is 3.28. The molecule has 0 spiro atoms. The van der Waals surface area contributed by atoms with Gasteiger partial charge >= 0.3 is 0 Å². The molecule has 1 N–H and O–H groups in total. The third-order valence-corrected chi connectivity index (χ3v) is 2.76. The van der Waals surface area contributed by atoms with Crippen molar-refractivity contribution >= 4 is 11.6 Å². The van der Waals surface area contributed by atoms with E-state index in [1.807, 2.05) is 25.1 Å². The second-order valence-corrected chi connectivity index (χ2v) is 3.93. The number of benzene rings is 1. The first-order chi connectivity index (χ1) is 8.22. The van der Waals surface area contributed by atoms with Crippen molar-refractivity contribution in [3.63, 3.8) is 0 Å². The maximum absolute atomic E-state index is 11.9. The number of nitrogens with one attached hydrogen (secondary N) is 1. The molecule has 0 bridgehead atoms. The van der Waals surface area contributed by atoms with Crippen molar-refractivity contribution in [3.8, 4) is 0 Å². The van der Waals surface area contributed by atoms with Crippen LogP contribution in [0.4, 0.5) is 5.69 Å². The molecule has 1 aromatic heterocycles. The first-order valence-electron chi connectivity index (χ1n) is 5.64. The molecule has 0 fully saturated rings. The van der Waals surface area contributed by atoms with Crippen LogP contribution in [0, 0.1) is 6.92 Å². The Morgan fingerprint density at radius 3 is 2.82 bits per heavy atom. The largest absolute Gasteiger partial charge is 0.472 e. The highest BCUT2D eigenvalue weighted by Gasteiger charge is 2.11. The molecular formula is C14H15NO2. The highest BCUT2D eigenvalue weighted by Crippen LogP contribution is 2.21. The van der Waals surface area contributed by atoms with E-state index in [0.717, 1.165) is 23.2 Å². The van der Waals surface area contributed by atoms with Crippen LogP contribution in [0.15, 0.2) is 41.2 Å². The van der Waals surface area contributed by atoms with Crippen molar-refractivity contribution in [3.05, 3.63) is 53.5 Å². The van der Waals surface area contributed by atoms with Gasteiger partial charge in [-0.25, -0.2) is 0 Å². The maximum atomic E-state index is 11.9. The molecule has 1 amide bonds. The number of hydrogen-bond donors (Lipinski definition) is 1. The van der Waals surface area contributed by atoms with E-state index in [9.17, 15) is 4.79 Å². The van der Waals surface area contributed by atoms with E-state index in [4.69, 9.17) is 4.42 Å². The van der Waals surface area contributed by atoms with E-state index in [1.165, 1.54) is 12.5 Å². The average Bonchev–Trinajstić information content (AvgIpc) is 2.85. The summed E-state index contributed by atoms with van der Waals surface area (Å²) in [6.07, 6.45) is 3.83. The first kappa shape index (κ1) is 11.5.